The first kappa shape index (κ1) is 17.3. The van der Waals surface area contributed by atoms with Crippen LogP contribution in [0.15, 0.2) is 35.6 Å². The van der Waals surface area contributed by atoms with E-state index in [1.54, 1.807) is 38.6 Å². The van der Waals surface area contributed by atoms with Gasteiger partial charge in [-0.15, -0.1) is 11.8 Å². The van der Waals surface area contributed by atoms with Crippen molar-refractivity contribution in [2.75, 3.05) is 25.3 Å². The predicted molar refractivity (Wildman–Crippen MR) is 100 cm³/mol. The van der Waals surface area contributed by atoms with Crippen LogP contribution in [0, 0.1) is 6.92 Å². The molecule has 6 nitrogen and oxygen atoms in total. The molecule has 7 heteroatoms. The number of pyridine rings is 1. The first-order chi connectivity index (χ1) is 12.1. The summed E-state index contributed by atoms with van der Waals surface area (Å²) >= 11 is 1.45. The van der Waals surface area contributed by atoms with Crippen molar-refractivity contribution in [1.29, 1.82) is 0 Å². The molecule has 0 fully saturated rings. The fourth-order valence-electron chi connectivity index (χ4n) is 2.57. The van der Waals surface area contributed by atoms with E-state index in [1.807, 2.05) is 13.1 Å². The van der Waals surface area contributed by atoms with Crippen LogP contribution >= 0.6 is 11.8 Å². The van der Waals surface area contributed by atoms with Crippen LogP contribution in [0.2, 0.25) is 0 Å². The predicted octanol–water partition coefficient (Wildman–Crippen LogP) is 3.37. The molecule has 0 radical (unpaired) electrons. The van der Waals surface area contributed by atoms with Crippen LogP contribution in [0.5, 0.6) is 11.5 Å². The lowest BCUT2D eigenvalue weighted by Gasteiger charge is -2.10. The molecule has 130 valence electrons. The van der Waals surface area contributed by atoms with Gasteiger partial charge < -0.3 is 14.8 Å². The van der Waals surface area contributed by atoms with Crippen molar-refractivity contribution in [3.05, 3.63) is 41.7 Å². The van der Waals surface area contributed by atoms with E-state index in [-0.39, 0.29) is 5.91 Å². The van der Waals surface area contributed by atoms with E-state index in [0.717, 1.165) is 22.7 Å². The van der Waals surface area contributed by atoms with Gasteiger partial charge in [-0.3, -0.25) is 9.78 Å². The van der Waals surface area contributed by atoms with E-state index in [1.165, 1.54) is 17.3 Å². The van der Waals surface area contributed by atoms with Gasteiger partial charge >= 0.3 is 0 Å². The highest BCUT2D eigenvalue weighted by molar-refractivity contribution is 8.14. The van der Waals surface area contributed by atoms with Crippen LogP contribution in [-0.2, 0) is 11.2 Å². The topological polar surface area (TPSA) is 72.8 Å². The number of aliphatic imine (C=N–C) groups is 1. The highest BCUT2D eigenvalue weighted by Gasteiger charge is 2.18. The second-order valence-corrected chi connectivity index (χ2v) is 6.59. The van der Waals surface area contributed by atoms with Crippen LogP contribution in [0.3, 0.4) is 0 Å². The van der Waals surface area contributed by atoms with Gasteiger partial charge in [0.1, 0.15) is 0 Å². The van der Waals surface area contributed by atoms with Crippen molar-refractivity contribution in [2.45, 2.75) is 13.3 Å². The van der Waals surface area contributed by atoms with Gasteiger partial charge in [-0.25, -0.2) is 4.99 Å². The molecule has 1 aliphatic heterocycles. The van der Waals surface area contributed by atoms with E-state index in [2.05, 4.69) is 15.3 Å². The number of methoxy groups -OCH3 is 2. The number of fused-ring (bicyclic) bond motifs is 1. The lowest BCUT2D eigenvalue weighted by atomic mass is 10.1. The fraction of sp³-hybridized carbons (Fsp3) is 0.278. The minimum Gasteiger partial charge on any atom is -0.493 e. The molecule has 0 atom stereocenters. The Balaban J connectivity index is 1.57. The van der Waals surface area contributed by atoms with E-state index in [0.29, 0.717) is 22.9 Å². The Morgan fingerprint density at radius 3 is 2.76 bits per heavy atom. The molecule has 0 saturated heterocycles. The third kappa shape index (κ3) is 3.93. The van der Waals surface area contributed by atoms with Crippen LogP contribution in [-0.4, -0.2) is 35.9 Å². The van der Waals surface area contributed by atoms with Crippen LogP contribution < -0.4 is 14.8 Å². The van der Waals surface area contributed by atoms with Crippen molar-refractivity contribution in [3.8, 4) is 11.5 Å². The maximum Gasteiger partial charge on any atom is 0.234 e. The molecule has 1 aliphatic rings. The molecule has 0 spiro atoms. The Hall–Kier alpha value is -2.54. The summed E-state index contributed by atoms with van der Waals surface area (Å²) in [5.74, 6) is 1.40. The number of thioether (sulfide) groups is 1. The largest absolute Gasteiger partial charge is 0.493 e. The zero-order valence-electron chi connectivity index (χ0n) is 14.3. The highest BCUT2D eigenvalue weighted by atomic mass is 32.2. The minimum atomic E-state index is -0.0919. The molecule has 0 bridgehead atoms. The van der Waals surface area contributed by atoms with Crippen molar-refractivity contribution in [1.82, 2.24) is 4.98 Å². The third-order valence-electron chi connectivity index (χ3n) is 3.86. The Kier molecular flexibility index (Phi) is 5.23. The molecular formula is C18H19N3O3S. The number of aromatic nitrogens is 1. The molecule has 2 aromatic rings. The van der Waals surface area contributed by atoms with Gasteiger partial charge in [0.15, 0.2) is 11.5 Å². The summed E-state index contributed by atoms with van der Waals surface area (Å²) in [6.07, 6.45) is 4.36. The number of amides is 1. The number of hydrogen-bond acceptors (Lipinski definition) is 6. The molecular weight excluding hydrogens is 338 g/mol. The van der Waals surface area contributed by atoms with Crippen LogP contribution in [0.25, 0.3) is 0 Å². The Bertz CT molecular complexity index is 836. The summed E-state index contributed by atoms with van der Waals surface area (Å²) in [5, 5.41) is 3.80. The number of ether oxygens (including phenoxy) is 2. The maximum atomic E-state index is 12.2. The normalized spacial score (nSPS) is 12.4. The van der Waals surface area contributed by atoms with Crippen molar-refractivity contribution in [2.24, 2.45) is 4.99 Å². The summed E-state index contributed by atoms with van der Waals surface area (Å²) in [6, 6.07) is 5.27. The number of nitrogens with zero attached hydrogens (tertiary/aromatic N) is 2. The van der Waals surface area contributed by atoms with Gasteiger partial charge in [-0.1, -0.05) is 0 Å². The zero-order valence-corrected chi connectivity index (χ0v) is 15.1. The minimum absolute atomic E-state index is 0.0919. The number of rotatable bonds is 5. The molecule has 1 aromatic heterocycles. The smallest absolute Gasteiger partial charge is 0.234 e. The zero-order chi connectivity index (χ0) is 17.8. The molecule has 0 aliphatic carbocycles. The number of aryl methyl sites for hydroxylation is 1. The molecule has 1 aromatic carbocycles. The number of carbonyl (C=O) groups is 1. The first-order valence-corrected chi connectivity index (χ1v) is 8.75. The SMILES string of the molecule is COc1ccc(NC(=O)CSC2=Nc3cncc(C)c3C2)cc1OC. The Morgan fingerprint density at radius 1 is 1.24 bits per heavy atom. The number of nitrogens with one attached hydrogen (secondary N) is 1. The van der Waals surface area contributed by atoms with Gasteiger partial charge in [-0.05, 0) is 30.2 Å². The molecule has 2 heterocycles. The van der Waals surface area contributed by atoms with E-state index < -0.39 is 0 Å². The van der Waals surface area contributed by atoms with E-state index in [9.17, 15) is 4.79 Å². The monoisotopic (exact) mass is 357 g/mol. The molecule has 25 heavy (non-hydrogen) atoms. The number of anilines is 1. The second kappa shape index (κ2) is 7.57. The van der Waals surface area contributed by atoms with Crippen LogP contribution in [0.1, 0.15) is 11.1 Å². The second-order valence-electron chi connectivity index (χ2n) is 5.54. The quantitative estimate of drug-likeness (QED) is 0.888. The summed E-state index contributed by atoms with van der Waals surface area (Å²) in [4.78, 5) is 20.9. The van der Waals surface area contributed by atoms with Crippen molar-refractivity contribution < 1.29 is 14.3 Å². The lowest BCUT2D eigenvalue weighted by molar-refractivity contribution is -0.113. The summed E-state index contributed by atoms with van der Waals surface area (Å²) in [7, 11) is 3.14. The van der Waals surface area contributed by atoms with E-state index in [4.69, 9.17) is 9.47 Å². The summed E-state index contributed by atoms with van der Waals surface area (Å²) < 4.78 is 10.4. The average molecular weight is 357 g/mol. The molecule has 0 unspecified atom stereocenters. The summed E-state index contributed by atoms with van der Waals surface area (Å²) in [6.45, 7) is 2.03. The van der Waals surface area contributed by atoms with Crippen molar-refractivity contribution in [3.63, 3.8) is 0 Å². The van der Waals surface area contributed by atoms with Gasteiger partial charge in [0.05, 0.1) is 36.9 Å². The van der Waals surface area contributed by atoms with Gasteiger partial charge in [0, 0.05) is 24.4 Å². The number of benzene rings is 1. The maximum absolute atomic E-state index is 12.2. The fourth-order valence-corrected chi connectivity index (χ4v) is 3.35. The Morgan fingerprint density at radius 2 is 2.04 bits per heavy atom. The first-order valence-electron chi connectivity index (χ1n) is 7.76. The standard InChI is InChI=1S/C18H19N3O3S/c1-11-8-19-9-14-13(11)7-18(21-14)25-10-17(22)20-12-4-5-15(23-2)16(6-12)24-3/h4-6,8-9H,7,10H2,1-3H3,(H,20,22). The molecule has 1 N–H and O–H groups in total. The molecule has 0 saturated carbocycles. The third-order valence-corrected chi connectivity index (χ3v) is 4.84. The summed E-state index contributed by atoms with van der Waals surface area (Å²) in [5.41, 5.74) is 3.90. The van der Waals surface area contributed by atoms with Gasteiger partial charge in [-0.2, -0.15) is 0 Å². The highest BCUT2D eigenvalue weighted by Crippen LogP contribution is 2.32. The lowest BCUT2D eigenvalue weighted by Crippen LogP contribution is -2.15. The van der Waals surface area contributed by atoms with E-state index >= 15 is 0 Å². The molecule has 3 rings (SSSR count). The molecule has 1 amide bonds. The van der Waals surface area contributed by atoms with Gasteiger partial charge in [0.25, 0.3) is 0 Å². The number of carbonyl (C=O) groups excluding carboxylic acids is 1. The van der Waals surface area contributed by atoms with Crippen LogP contribution in [0.4, 0.5) is 11.4 Å². The van der Waals surface area contributed by atoms with Crippen molar-refractivity contribution >= 4 is 34.1 Å². The van der Waals surface area contributed by atoms with Gasteiger partial charge in [0.2, 0.25) is 5.91 Å². The number of hydrogen-bond donors (Lipinski definition) is 1. The Labute approximate surface area is 150 Å². The average Bonchev–Trinajstić information content (AvgIpc) is 3.04.